The fraction of sp³-hybridized carbons (Fsp3) is 0.415. The van der Waals surface area contributed by atoms with Gasteiger partial charge in [-0.25, -0.2) is 34.8 Å². The van der Waals surface area contributed by atoms with E-state index >= 15 is 0 Å². The van der Waals surface area contributed by atoms with E-state index in [-0.39, 0.29) is 89.6 Å². The maximum Gasteiger partial charge on any atom is 0.335 e. The molecule has 6 aliphatic rings. The fourth-order valence-electron chi connectivity index (χ4n) is 19.9. The summed E-state index contributed by atoms with van der Waals surface area (Å²) in [6, 6.07) is 66.6. The number of hydrogen-bond donors (Lipinski definition) is 9. The fourth-order valence-corrected chi connectivity index (χ4v) is 24.7. The summed E-state index contributed by atoms with van der Waals surface area (Å²) in [6.45, 7) is 37.3. The van der Waals surface area contributed by atoms with Crippen LogP contribution in [0.15, 0.2) is 245 Å². The van der Waals surface area contributed by atoms with Crippen molar-refractivity contribution in [3.05, 3.63) is 336 Å². The molecule has 2 amide bonds. The van der Waals surface area contributed by atoms with Crippen molar-refractivity contribution in [1.82, 2.24) is 28.4 Å². The van der Waals surface area contributed by atoms with E-state index in [0.717, 1.165) is 118 Å². The van der Waals surface area contributed by atoms with E-state index in [1.165, 1.54) is 75.1 Å². The van der Waals surface area contributed by atoms with Crippen LogP contribution in [0.4, 0.5) is 26.5 Å². The average Bonchev–Trinajstić information content (AvgIpc) is 0.922. The minimum absolute atomic E-state index is 0. The first-order chi connectivity index (χ1) is 69.8. The van der Waals surface area contributed by atoms with E-state index < -0.39 is 89.3 Å². The Morgan fingerprint density at radius 1 is 0.427 bits per heavy atom. The lowest BCUT2D eigenvalue weighted by atomic mass is 9.85. The molecule has 6 heterocycles. The molecule has 32 heteroatoms. The van der Waals surface area contributed by atoms with Gasteiger partial charge in [0, 0.05) is 109 Å². The van der Waals surface area contributed by atoms with Gasteiger partial charge < -0.3 is 65.7 Å². The molecule has 814 valence electrons. The number of nitrogens with one attached hydrogen (secondary N) is 5. The highest BCUT2D eigenvalue weighted by Crippen LogP contribution is 2.50. The molecule has 17 rings (SSSR count). The van der Waals surface area contributed by atoms with E-state index in [0.29, 0.717) is 77.3 Å². The summed E-state index contributed by atoms with van der Waals surface area (Å²) in [5.41, 5.74) is 15.8. The number of carbonyl (C=O) groups excluding carboxylic acids is 2. The number of benzene rings is 11. The van der Waals surface area contributed by atoms with Gasteiger partial charge in [0.15, 0.2) is 0 Å². The van der Waals surface area contributed by atoms with Gasteiger partial charge in [-0.15, -0.1) is 23.2 Å². The monoisotopic (exact) mass is 2160 g/mol. The minimum Gasteiger partial charge on any atom is -0.485 e. The summed E-state index contributed by atoms with van der Waals surface area (Å²) >= 11 is 9.53. The number of fused-ring (bicyclic) bond motifs is 3. The average molecular weight is 2160 g/mol. The Kier molecular flexibility index (Phi) is 43.4. The van der Waals surface area contributed by atoms with E-state index in [2.05, 4.69) is 118 Å². The van der Waals surface area contributed by atoms with Crippen molar-refractivity contribution >= 4 is 88.1 Å². The Morgan fingerprint density at radius 3 is 1.10 bits per heavy atom. The third kappa shape index (κ3) is 29.2. The molecule has 0 spiro atoms. The number of halogens is 4. The van der Waals surface area contributed by atoms with Gasteiger partial charge in [-0.2, -0.15) is 8.61 Å². The molecule has 0 unspecified atom stereocenters. The van der Waals surface area contributed by atoms with Crippen molar-refractivity contribution in [3.8, 4) is 17.2 Å². The van der Waals surface area contributed by atoms with Gasteiger partial charge in [-0.05, 0) is 325 Å². The molecule has 3 fully saturated rings. The molecule has 0 radical (unpaired) electrons. The van der Waals surface area contributed by atoms with Gasteiger partial charge >= 0.3 is 5.97 Å². The predicted molar refractivity (Wildman–Crippen MR) is 602 cm³/mol. The number of sulfonamides is 3. The zero-order chi connectivity index (χ0) is 107. The van der Waals surface area contributed by atoms with E-state index in [1.807, 2.05) is 116 Å². The first-order valence-electron chi connectivity index (χ1n) is 50.2. The van der Waals surface area contributed by atoms with Gasteiger partial charge in [0.25, 0.3) is 13.3 Å². The number of aromatic carboxylic acids is 1. The number of rotatable bonds is 27. The lowest BCUT2D eigenvalue weighted by Crippen LogP contribution is -2.54. The minimum atomic E-state index is -4.15. The first-order valence-corrected chi connectivity index (χ1v) is 55.3. The van der Waals surface area contributed by atoms with Gasteiger partial charge in [-0.3, -0.25) is 19.0 Å². The Labute approximate surface area is 900 Å². The Hall–Kier alpha value is -11.4. The number of anilines is 3. The lowest BCUT2D eigenvalue weighted by molar-refractivity contribution is -0.0802. The van der Waals surface area contributed by atoms with Crippen LogP contribution in [-0.2, 0) is 56.0 Å². The highest BCUT2D eigenvalue weighted by atomic mass is 35.5. The van der Waals surface area contributed by atoms with Crippen LogP contribution in [0.5, 0.6) is 17.2 Å². The molecular weight excluding hydrogens is 2000 g/mol. The molecule has 0 aromatic heterocycles. The second-order valence-corrected chi connectivity index (χ2v) is 46.6. The van der Waals surface area contributed by atoms with E-state index in [9.17, 15) is 60.1 Å². The highest BCUT2D eigenvalue weighted by Gasteiger charge is 2.52. The number of likely N-dealkylation sites (tertiary alicyclic amines) is 2. The summed E-state index contributed by atoms with van der Waals surface area (Å²) in [6.07, 6.45) is 4.21. The maximum atomic E-state index is 14.7. The van der Waals surface area contributed by atoms with Crippen molar-refractivity contribution in [2.45, 2.75) is 290 Å². The standard InChI is InChI=1S/C41H49N3O5S.C32H39N3O5S.C28H31NO6S.C13H20N2.CH2Cl2.3CH4.2FH/c1-7-30-16-18-31(19-17-30)26-44(50(47,48)34-15-8-11-27(2)23-34)38-35-24-32(20-21-36(35)49-41(5,6)39(38)45)40(46)43-22-10-14-33(43)25-42-37-28(3)12-9-13-29(37)4;1-20-9-6-13-25(17-20)41(38,39)34-29-26-18-23(14-15-27(26)40-32(4,5)30(29)36)31(37)35-16-8-12-24(35)19-33-28-21(2)10-7-11-22(28)3;1-5-19-9-11-20(12-10-19)17-29(36(33,34)22-8-6-7-18(2)15-22)25-23-16-21(27(31)32)13-14-24(23)35-28(3,4)26(25)30;1-10-5-3-6-11(2)13(10)15-9-12-7-4-8-14-12;2-1-3;;;;;/h8-9,11-13,15-21,23-24,33,38-39,42,45H,7,10,14,22,25-26H2,1-6H3;6-7,9-11,13-15,17-18,24,29-30,33-34,36H,8,12,16,19H2,1-5H3;6-16,25-26,30H,5,17H2,1-4H3,(H,31,32);3,5-6,12,14-15H,4,7-9H2,1-2H3;1H2;3*1H4;2*1H/t33-,38+,39-;24-,29+,30-;25-,26+;12-;;;;;;/m0010....../s1/i/hT. The third-order valence-corrected chi connectivity index (χ3v) is 33.4. The molecule has 9 atom stereocenters. The summed E-state index contributed by atoms with van der Waals surface area (Å²) in [7, 11) is -12.2. The maximum absolute atomic E-state index is 14.7. The number of aliphatic hydroxyl groups is 3. The zero-order valence-electron chi connectivity index (χ0n) is 87.9. The van der Waals surface area contributed by atoms with Crippen LogP contribution < -0.4 is 40.2 Å². The van der Waals surface area contributed by atoms with Crippen LogP contribution in [0.3, 0.4) is 0 Å². The van der Waals surface area contributed by atoms with Crippen molar-refractivity contribution in [3.63, 3.8) is 0 Å². The first kappa shape index (κ1) is 122. The van der Waals surface area contributed by atoms with Crippen LogP contribution in [0.1, 0.15) is 254 Å². The summed E-state index contributed by atoms with van der Waals surface area (Å²) in [4.78, 5) is 43.9. The number of amides is 2. The number of aryl methyl sites for hydroxylation is 11. The van der Waals surface area contributed by atoms with Crippen LogP contribution in [0.25, 0.3) is 0 Å². The molecule has 6 aliphatic heterocycles. The largest absolute Gasteiger partial charge is 0.485 e. The normalized spacial score (nSPS) is 19.4. The van der Waals surface area contributed by atoms with Gasteiger partial charge in [0.2, 0.25) is 30.1 Å². The number of nitrogens with zero attached hydrogens (tertiary/aromatic N) is 4. The Balaban J connectivity index is 0.000000251. The van der Waals surface area contributed by atoms with Crippen LogP contribution in [0, 0.1) is 62.3 Å². The number of carboxylic acids is 1. The lowest BCUT2D eigenvalue weighted by Gasteiger charge is -2.46. The molecule has 150 heavy (non-hydrogen) atoms. The molecule has 3 saturated heterocycles. The van der Waals surface area contributed by atoms with E-state index in [4.69, 9.17) is 42.1 Å². The molecule has 11 aromatic rings. The zero-order valence-corrected chi connectivity index (χ0v) is 90.9. The number of hydrogen-bond acceptors (Lipinski definition) is 19. The van der Waals surface area contributed by atoms with Gasteiger partial charge in [-0.1, -0.05) is 176 Å². The number of carbonyl (C=O) groups is 3. The number of para-hydroxylation sites is 3. The number of ether oxygens (including phenoxy) is 3. The van der Waals surface area contributed by atoms with Crippen LogP contribution >= 0.6 is 23.2 Å². The van der Waals surface area contributed by atoms with Crippen molar-refractivity contribution in [2.75, 3.05) is 60.6 Å². The van der Waals surface area contributed by atoms with Crippen molar-refractivity contribution < 1.29 is 83.7 Å². The molecule has 0 bridgehead atoms. The SMILES string of the molecule is C.C.C.CCc1ccc(CN([C@@H]2c3cc(C(=O)N4CCC[C@H]4CNc4c(C)cccc4C)ccc3OC(C)(C)[C@H]2O)S(=O)(=O)c2cccc(C)c2)cc1.CCc1ccc(CN([C@@H]2c3cc(C(=O)O)ccc3OC(C)(C)[C@H]2O)S(=O)(=O)c2cccc(C)c2)cc1.Cc1cccc(C)c1NC[C@@H]1CCCN1.Cc1cccc(S(=O)(=O)N[C@@H]2c3cc(C(=O)N4CCC[C@H]4CNc4c(C)cccc4C)ccc3OC(C)(C)[C@H]2O)c1.ClCCl.F.[3H]F. The summed E-state index contributed by atoms with van der Waals surface area (Å²) < 4.78 is 121. The molecular formula is C118H155Cl2F2N9O16S3. The van der Waals surface area contributed by atoms with Crippen LogP contribution in [0.2, 0.25) is 0 Å². The molecule has 9 N–H and O–H groups in total. The highest BCUT2D eigenvalue weighted by molar-refractivity contribution is 7.90. The van der Waals surface area contributed by atoms with Gasteiger partial charge in [0.1, 0.15) is 52.4 Å². The molecule has 11 aromatic carbocycles. The van der Waals surface area contributed by atoms with E-state index in [1.54, 1.807) is 120 Å². The quantitative estimate of drug-likeness (QED) is 0.0216. The molecule has 0 aliphatic carbocycles. The Bertz CT molecular complexity index is 6750. The second-order valence-electron chi connectivity index (χ2n) is 40.3. The smallest absolute Gasteiger partial charge is 0.335 e. The number of alkyl halides is 2. The van der Waals surface area contributed by atoms with Crippen LogP contribution in [-0.4, -0.2) is 181 Å². The predicted octanol–water partition coefficient (Wildman–Crippen LogP) is 23.1. The van der Waals surface area contributed by atoms with Gasteiger partial charge in [0.05, 0.1) is 43.7 Å². The molecule has 0 saturated carbocycles. The van der Waals surface area contributed by atoms with Crippen molar-refractivity contribution in [2.24, 2.45) is 0 Å². The molecule has 25 nitrogen and oxygen atoms in total. The Morgan fingerprint density at radius 2 is 0.747 bits per heavy atom. The summed E-state index contributed by atoms with van der Waals surface area (Å²) in [5.74, 6) is -0.186. The van der Waals surface area contributed by atoms with Crippen molar-refractivity contribution in [1.29, 1.82) is 1.45 Å². The number of carboxylic acid groups (broad SMARTS) is 1. The third-order valence-electron chi connectivity index (χ3n) is 28.3. The number of aliphatic hydroxyl groups excluding tert-OH is 3. The topological polar surface area (TPSA) is 335 Å². The summed E-state index contributed by atoms with van der Waals surface area (Å²) in [5, 5.41) is 58.8. The second kappa shape index (κ2) is 53.3.